The van der Waals surface area contributed by atoms with Crippen LogP contribution in [0.3, 0.4) is 0 Å². The maximum atomic E-state index is 5.86. The monoisotopic (exact) mass is 354 g/mol. The summed E-state index contributed by atoms with van der Waals surface area (Å²) in [5.41, 5.74) is 1.82. The third kappa shape index (κ3) is 14.8. The van der Waals surface area contributed by atoms with Crippen LogP contribution in [0.15, 0.2) is 12.3 Å². The van der Waals surface area contributed by atoms with Crippen molar-refractivity contribution in [3.8, 4) is 0 Å². The van der Waals surface area contributed by atoms with Gasteiger partial charge in [0.2, 0.25) is 0 Å². The molecule has 0 bridgehead atoms. The number of hydrogen-bond donors (Lipinski definition) is 0. The lowest BCUT2D eigenvalue weighted by molar-refractivity contribution is 0.318. The lowest BCUT2D eigenvalue weighted by atomic mass is 11.3. The molecule has 0 aromatic carbocycles. The van der Waals surface area contributed by atoms with Gasteiger partial charge in [0.05, 0.1) is 0 Å². The third-order valence-corrected chi connectivity index (χ3v) is 12.6. The summed E-state index contributed by atoms with van der Waals surface area (Å²) in [5, 5.41) is 0. The average Bonchev–Trinajstić information content (AvgIpc) is 2.25. The largest absolute Gasteiger partial charge is 0.438 e. The Bertz CT molecular complexity index is 276. The van der Waals surface area contributed by atoms with Crippen molar-refractivity contribution >= 4 is 34.5 Å². The Kier molecular flexibility index (Phi) is 10.8. The summed E-state index contributed by atoms with van der Waals surface area (Å²) in [6.07, 6.45) is 0. The first-order valence-corrected chi connectivity index (χ1v) is 18.2. The van der Waals surface area contributed by atoms with E-state index in [1.54, 1.807) is 14.2 Å². The summed E-state index contributed by atoms with van der Waals surface area (Å²) < 4.78 is 21.9. The molecule has 122 valence electrons. The van der Waals surface area contributed by atoms with E-state index in [4.69, 9.17) is 17.1 Å². The molecule has 0 N–H and O–H groups in total. The van der Waals surface area contributed by atoms with E-state index in [1.165, 1.54) is 0 Å². The molecule has 0 aliphatic heterocycles. The van der Waals surface area contributed by atoms with E-state index in [2.05, 4.69) is 52.4 Å². The van der Waals surface area contributed by atoms with E-state index in [0.717, 1.165) is 0 Å². The summed E-state index contributed by atoms with van der Waals surface area (Å²) in [4.78, 5) is 0. The Morgan fingerprint density at radius 2 is 1.35 bits per heavy atom. The van der Waals surface area contributed by atoms with Gasteiger partial charge in [-0.3, -0.25) is 0 Å². The molecule has 0 amide bonds. The van der Waals surface area contributed by atoms with Crippen molar-refractivity contribution in [2.75, 3.05) is 14.2 Å². The zero-order chi connectivity index (χ0) is 16.6. The van der Waals surface area contributed by atoms with Gasteiger partial charge in [0.25, 0.3) is 0 Å². The summed E-state index contributed by atoms with van der Waals surface area (Å²) in [6, 6.07) is 0. The second-order valence-electron chi connectivity index (χ2n) is 6.67. The van der Waals surface area contributed by atoms with Crippen LogP contribution in [0.1, 0.15) is 0 Å². The predicted octanol–water partition coefficient (Wildman–Crippen LogP) is 3.62. The molecule has 0 radical (unpaired) electrons. The highest BCUT2D eigenvalue weighted by Gasteiger charge is 2.32. The van der Waals surface area contributed by atoms with Crippen LogP contribution in [0.25, 0.3) is 0 Å². The van der Waals surface area contributed by atoms with Crippen LogP contribution >= 0.6 is 0 Å². The zero-order valence-corrected chi connectivity index (χ0v) is 19.1. The Morgan fingerprint density at radius 3 is 1.45 bits per heavy atom. The van der Waals surface area contributed by atoms with E-state index in [9.17, 15) is 0 Å². The quantitative estimate of drug-likeness (QED) is 0.654. The van der Waals surface area contributed by atoms with Crippen LogP contribution in [0.5, 0.6) is 0 Å². The second kappa shape index (κ2) is 9.46. The molecule has 4 nitrogen and oxygen atoms in total. The SMILES string of the molecule is C=C[Si](C)(OC)O[Si](C)(C)C.CO[SiH](C)O[Si](C)(C)C. The molecule has 2 unspecified atom stereocenters. The lowest BCUT2D eigenvalue weighted by Crippen LogP contribution is -2.45. The first kappa shape index (κ1) is 22.7. The normalized spacial score (nSPS) is 16.7. The van der Waals surface area contributed by atoms with Gasteiger partial charge in [0, 0.05) is 14.2 Å². The predicted molar refractivity (Wildman–Crippen MR) is 97.7 cm³/mol. The molecule has 0 aromatic rings. The molecule has 2 atom stereocenters. The molecule has 0 aromatic heterocycles. The molecule has 0 heterocycles. The maximum Gasteiger partial charge on any atom is 0.350 e. The summed E-state index contributed by atoms with van der Waals surface area (Å²) in [7, 11) is -2.62. The van der Waals surface area contributed by atoms with Crippen molar-refractivity contribution in [2.45, 2.75) is 52.4 Å². The van der Waals surface area contributed by atoms with Gasteiger partial charge in [-0.1, -0.05) is 5.70 Å². The topological polar surface area (TPSA) is 36.9 Å². The fourth-order valence-electron chi connectivity index (χ4n) is 1.32. The van der Waals surface area contributed by atoms with Gasteiger partial charge in [0.15, 0.2) is 16.6 Å². The molecule has 0 aliphatic rings. The van der Waals surface area contributed by atoms with Crippen LogP contribution in [0.4, 0.5) is 0 Å². The van der Waals surface area contributed by atoms with Crippen molar-refractivity contribution in [2.24, 2.45) is 0 Å². The standard InChI is InChI=1S/C7H18O2Si2.C5H16O2Si2/c1-7-11(6,8-2)9-10(3,4)5;1-6-8(2)7-9(3,4)5/h7H,1H2,2-6H3;8H,1-5H3. The molecular weight excluding hydrogens is 320 g/mol. The molecule has 0 fully saturated rings. The molecule has 8 heteroatoms. The highest BCUT2D eigenvalue weighted by Crippen LogP contribution is 2.14. The first-order valence-electron chi connectivity index (χ1n) is 6.88. The van der Waals surface area contributed by atoms with Crippen molar-refractivity contribution in [3.05, 3.63) is 12.3 Å². The zero-order valence-electron chi connectivity index (χ0n) is 15.0. The van der Waals surface area contributed by atoms with Gasteiger partial charge in [0.1, 0.15) is 0 Å². The van der Waals surface area contributed by atoms with E-state index >= 15 is 0 Å². The lowest BCUT2D eigenvalue weighted by Gasteiger charge is -2.29. The summed E-state index contributed by atoms with van der Waals surface area (Å²) in [5.74, 6) is 0. The minimum atomic E-state index is -2.01. The highest BCUT2D eigenvalue weighted by atomic mass is 28.4. The van der Waals surface area contributed by atoms with Crippen LogP contribution in [-0.2, 0) is 17.1 Å². The highest BCUT2D eigenvalue weighted by molar-refractivity contribution is 6.84. The Morgan fingerprint density at radius 1 is 0.900 bits per heavy atom. The van der Waals surface area contributed by atoms with Crippen LogP contribution in [0, 0.1) is 0 Å². The van der Waals surface area contributed by atoms with Crippen LogP contribution in [0.2, 0.25) is 52.4 Å². The summed E-state index contributed by atoms with van der Waals surface area (Å²) in [6.45, 7) is 20.8. The van der Waals surface area contributed by atoms with E-state index < -0.39 is 34.5 Å². The minimum Gasteiger partial charge on any atom is -0.438 e. The Balaban J connectivity index is 0. The van der Waals surface area contributed by atoms with E-state index in [0.29, 0.717) is 0 Å². The molecule has 0 spiro atoms. The summed E-state index contributed by atoms with van der Waals surface area (Å²) >= 11 is 0. The van der Waals surface area contributed by atoms with Crippen molar-refractivity contribution in [1.82, 2.24) is 0 Å². The van der Waals surface area contributed by atoms with Crippen LogP contribution in [-0.4, -0.2) is 48.7 Å². The van der Waals surface area contributed by atoms with Gasteiger partial charge in [-0.05, 0) is 52.4 Å². The molecule has 0 saturated heterocycles. The molecular formula is C12H34O4Si4. The van der Waals surface area contributed by atoms with Gasteiger partial charge in [-0.25, -0.2) is 0 Å². The number of rotatable bonds is 7. The minimum absolute atomic E-state index is 1.24. The maximum absolute atomic E-state index is 5.86. The molecule has 0 saturated carbocycles. The average molecular weight is 355 g/mol. The van der Waals surface area contributed by atoms with Crippen molar-refractivity contribution < 1.29 is 17.1 Å². The van der Waals surface area contributed by atoms with E-state index in [-0.39, 0.29) is 0 Å². The fourth-order valence-corrected chi connectivity index (χ4v) is 11.4. The van der Waals surface area contributed by atoms with Crippen LogP contribution < -0.4 is 0 Å². The smallest absolute Gasteiger partial charge is 0.350 e. The van der Waals surface area contributed by atoms with Gasteiger partial charge in [-0.15, -0.1) is 6.58 Å². The second-order valence-corrected chi connectivity index (χ2v) is 21.3. The van der Waals surface area contributed by atoms with Gasteiger partial charge >= 0.3 is 17.8 Å². The molecule has 0 rings (SSSR count). The molecule has 20 heavy (non-hydrogen) atoms. The van der Waals surface area contributed by atoms with Crippen molar-refractivity contribution in [1.29, 1.82) is 0 Å². The Hall–Kier alpha value is 0.448. The molecule has 0 aliphatic carbocycles. The first-order chi connectivity index (χ1) is 8.78. The Labute approximate surface area is 130 Å². The third-order valence-electron chi connectivity index (χ3n) is 2.14. The number of hydrogen-bond acceptors (Lipinski definition) is 4. The van der Waals surface area contributed by atoms with Gasteiger partial charge < -0.3 is 17.1 Å². The van der Waals surface area contributed by atoms with Crippen molar-refractivity contribution in [3.63, 3.8) is 0 Å². The fraction of sp³-hybridized carbons (Fsp3) is 0.833. The van der Waals surface area contributed by atoms with E-state index in [1.807, 2.05) is 12.2 Å². The van der Waals surface area contributed by atoms with Gasteiger partial charge in [-0.2, -0.15) is 0 Å².